The van der Waals surface area contributed by atoms with Crippen LogP contribution in [0.5, 0.6) is 0 Å². The van der Waals surface area contributed by atoms with E-state index in [4.69, 9.17) is 0 Å². The fourth-order valence-corrected chi connectivity index (χ4v) is 4.17. The highest BCUT2D eigenvalue weighted by Gasteiger charge is 2.11. The first kappa shape index (κ1) is 17.7. The highest BCUT2D eigenvalue weighted by molar-refractivity contribution is 7.99. The Hall–Kier alpha value is -2.66. The van der Waals surface area contributed by atoms with Crippen molar-refractivity contribution in [2.75, 3.05) is 34.8 Å². The van der Waals surface area contributed by atoms with E-state index in [-0.39, 0.29) is 6.03 Å². The van der Waals surface area contributed by atoms with Gasteiger partial charge in [0.1, 0.15) is 0 Å². The zero-order chi connectivity index (χ0) is 18.5. The fourth-order valence-electron chi connectivity index (χ4n) is 3.27. The van der Waals surface area contributed by atoms with Crippen LogP contribution < -0.4 is 15.5 Å². The van der Waals surface area contributed by atoms with Gasteiger partial charge in [-0.05, 0) is 40.6 Å². The Balaban J connectivity index is 1.31. The summed E-state index contributed by atoms with van der Waals surface area (Å²) < 4.78 is 0. The predicted molar refractivity (Wildman–Crippen MR) is 116 cm³/mol. The van der Waals surface area contributed by atoms with Crippen LogP contribution in [0.3, 0.4) is 0 Å². The van der Waals surface area contributed by atoms with Gasteiger partial charge in [-0.2, -0.15) is 11.8 Å². The van der Waals surface area contributed by atoms with E-state index in [2.05, 4.69) is 45.9 Å². The number of nitrogens with one attached hydrogen (secondary N) is 2. The Morgan fingerprint density at radius 1 is 0.926 bits per heavy atom. The number of carbonyl (C=O) groups excluding carboxylic acids is 1. The van der Waals surface area contributed by atoms with Crippen molar-refractivity contribution in [2.45, 2.75) is 6.54 Å². The van der Waals surface area contributed by atoms with Gasteiger partial charge < -0.3 is 15.5 Å². The van der Waals surface area contributed by atoms with Crippen LogP contribution in [0, 0.1) is 0 Å². The minimum Gasteiger partial charge on any atom is -0.370 e. The van der Waals surface area contributed by atoms with Crippen LogP contribution in [0.25, 0.3) is 10.8 Å². The van der Waals surface area contributed by atoms with E-state index < -0.39 is 0 Å². The molecule has 0 spiro atoms. The smallest absolute Gasteiger partial charge is 0.319 e. The van der Waals surface area contributed by atoms with Crippen LogP contribution in [0.1, 0.15) is 5.56 Å². The second-order valence-electron chi connectivity index (χ2n) is 6.64. The summed E-state index contributed by atoms with van der Waals surface area (Å²) in [4.78, 5) is 14.6. The summed E-state index contributed by atoms with van der Waals surface area (Å²) in [6, 6.07) is 22.3. The number of thioether (sulfide) groups is 1. The number of nitrogens with zero attached hydrogens (tertiary/aromatic N) is 1. The molecule has 1 aliphatic heterocycles. The van der Waals surface area contributed by atoms with E-state index >= 15 is 0 Å². The molecule has 2 N–H and O–H groups in total. The van der Waals surface area contributed by atoms with Gasteiger partial charge >= 0.3 is 6.03 Å². The third kappa shape index (κ3) is 4.55. The summed E-state index contributed by atoms with van der Waals surface area (Å²) in [5.74, 6) is 2.39. The molecule has 0 radical (unpaired) electrons. The molecule has 1 fully saturated rings. The van der Waals surface area contributed by atoms with Crippen LogP contribution in [0.4, 0.5) is 16.2 Å². The third-order valence-electron chi connectivity index (χ3n) is 4.77. The first-order valence-corrected chi connectivity index (χ1v) is 10.4. The molecular weight excluding hydrogens is 354 g/mol. The molecule has 5 heteroatoms. The van der Waals surface area contributed by atoms with Crippen molar-refractivity contribution in [3.05, 3.63) is 72.3 Å². The van der Waals surface area contributed by atoms with Crippen molar-refractivity contribution >= 4 is 39.9 Å². The van der Waals surface area contributed by atoms with Crippen LogP contribution >= 0.6 is 11.8 Å². The molecule has 0 aliphatic carbocycles. The first-order valence-electron chi connectivity index (χ1n) is 9.23. The maximum Gasteiger partial charge on any atom is 0.319 e. The molecule has 0 atom stereocenters. The molecule has 1 saturated heterocycles. The quantitative estimate of drug-likeness (QED) is 0.692. The van der Waals surface area contributed by atoms with E-state index in [9.17, 15) is 4.79 Å². The molecule has 1 aliphatic rings. The SMILES string of the molecule is O=C(NCc1ccc(N2CCSCC2)cc1)Nc1ccc2ccccc2c1. The lowest BCUT2D eigenvalue weighted by molar-refractivity contribution is 0.251. The molecule has 138 valence electrons. The molecular formula is C22H23N3OS. The second kappa shape index (κ2) is 8.35. The minimum atomic E-state index is -0.192. The van der Waals surface area contributed by atoms with Crippen LogP contribution in [-0.4, -0.2) is 30.6 Å². The van der Waals surface area contributed by atoms with Gasteiger partial charge in [0, 0.05) is 42.5 Å². The van der Waals surface area contributed by atoms with Crippen molar-refractivity contribution in [1.29, 1.82) is 0 Å². The molecule has 3 aromatic carbocycles. The summed E-state index contributed by atoms with van der Waals surface area (Å²) in [6.07, 6.45) is 0. The normalized spacial score (nSPS) is 14.1. The number of anilines is 2. The molecule has 3 aromatic rings. The Bertz CT molecular complexity index is 920. The summed E-state index contributed by atoms with van der Waals surface area (Å²) in [5, 5.41) is 8.11. The summed E-state index contributed by atoms with van der Waals surface area (Å²) in [7, 11) is 0. The van der Waals surface area contributed by atoms with Crippen molar-refractivity contribution in [3.63, 3.8) is 0 Å². The Kier molecular flexibility index (Phi) is 5.49. The average Bonchev–Trinajstić information content (AvgIpc) is 2.73. The van der Waals surface area contributed by atoms with E-state index in [0.29, 0.717) is 6.54 Å². The highest BCUT2D eigenvalue weighted by Crippen LogP contribution is 2.20. The van der Waals surface area contributed by atoms with Gasteiger partial charge in [-0.1, -0.05) is 42.5 Å². The van der Waals surface area contributed by atoms with Crippen molar-refractivity contribution in [2.24, 2.45) is 0 Å². The lowest BCUT2D eigenvalue weighted by atomic mass is 10.1. The molecule has 4 rings (SSSR count). The molecule has 2 amide bonds. The third-order valence-corrected chi connectivity index (χ3v) is 5.72. The number of carbonyl (C=O) groups is 1. The number of hydrogen-bond donors (Lipinski definition) is 2. The van der Waals surface area contributed by atoms with Crippen molar-refractivity contribution < 1.29 is 4.79 Å². The minimum absolute atomic E-state index is 0.192. The monoisotopic (exact) mass is 377 g/mol. The molecule has 0 bridgehead atoms. The molecule has 0 aromatic heterocycles. The number of fused-ring (bicyclic) bond motifs is 1. The summed E-state index contributed by atoms with van der Waals surface area (Å²) in [5.41, 5.74) is 3.16. The van der Waals surface area contributed by atoms with Gasteiger partial charge in [0.05, 0.1) is 0 Å². The molecule has 0 unspecified atom stereocenters. The van der Waals surface area contributed by atoms with E-state index in [1.165, 1.54) is 17.2 Å². The van der Waals surface area contributed by atoms with Gasteiger partial charge in [0.25, 0.3) is 0 Å². The summed E-state index contributed by atoms with van der Waals surface area (Å²) >= 11 is 2.01. The number of amides is 2. The average molecular weight is 378 g/mol. The number of hydrogen-bond acceptors (Lipinski definition) is 3. The molecule has 4 nitrogen and oxygen atoms in total. The van der Waals surface area contributed by atoms with E-state index in [1.54, 1.807) is 0 Å². The van der Waals surface area contributed by atoms with E-state index in [1.807, 2.05) is 48.2 Å². The number of rotatable bonds is 4. The van der Waals surface area contributed by atoms with Crippen LogP contribution in [0.2, 0.25) is 0 Å². The fraction of sp³-hybridized carbons (Fsp3) is 0.227. The second-order valence-corrected chi connectivity index (χ2v) is 7.86. The van der Waals surface area contributed by atoms with E-state index in [0.717, 1.165) is 35.1 Å². The Morgan fingerprint density at radius 3 is 2.44 bits per heavy atom. The lowest BCUT2D eigenvalue weighted by Gasteiger charge is -2.28. The van der Waals surface area contributed by atoms with Gasteiger partial charge in [-0.25, -0.2) is 4.79 Å². The Labute approximate surface area is 163 Å². The first-order chi connectivity index (χ1) is 13.3. The zero-order valence-electron chi connectivity index (χ0n) is 15.2. The Morgan fingerprint density at radius 2 is 1.67 bits per heavy atom. The predicted octanol–water partition coefficient (Wildman–Crippen LogP) is 4.71. The molecule has 27 heavy (non-hydrogen) atoms. The van der Waals surface area contributed by atoms with Gasteiger partial charge in [-0.3, -0.25) is 0 Å². The van der Waals surface area contributed by atoms with Crippen LogP contribution in [-0.2, 0) is 6.54 Å². The van der Waals surface area contributed by atoms with Crippen molar-refractivity contribution in [3.8, 4) is 0 Å². The molecule has 0 saturated carbocycles. The molecule has 1 heterocycles. The zero-order valence-corrected chi connectivity index (χ0v) is 16.0. The maximum absolute atomic E-state index is 12.2. The largest absolute Gasteiger partial charge is 0.370 e. The summed E-state index contributed by atoms with van der Waals surface area (Å²) in [6.45, 7) is 2.72. The van der Waals surface area contributed by atoms with Gasteiger partial charge in [-0.15, -0.1) is 0 Å². The number of urea groups is 1. The van der Waals surface area contributed by atoms with Crippen molar-refractivity contribution in [1.82, 2.24) is 5.32 Å². The highest BCUT2D eigenvalue weighted by atomic mass is 32.2. The van der Waals surface area contributed by atoms with Crippen LogP contribution in [0.15, 0.2) is 66.7 Å². The lowest BCUT2D eigenvalue weighted by Crippen LogP contribution is -2.32. The maximum atomic E-state index is 12.2. The standard InChI is InChI=1S/C22H23N3OS/c26-22(24-20-8-7-18-3-1-2-4-19(18)15-20)23-16-17-5-9-21(10-6-17)25-11-13-27-14-12-25/h1-10,15H,11-14,16H2,(H2,23,24,26). The van der Waals surface area contributed by atoms with Gasteiger partial charge in [0.15, 0.2) is 0 Å². The topological polar surface area (TPSA) is 44.4 Å². The number of benzene rings is 3. The van der Waals surface area contributed by atoms with Gasteiger partial charge in [0.2, 0.25) is 0 Å².